The van der Waals surface area contributed by atoms with Crippen molar-refractivity contribution >= 4 is 17.2 Å². The van der Waals surface area contributed by atoms with Gasteiger partial charge >= 0.3 is 0 Å². The summed E-state index contributed by atoms with van der Waals surface area (Å²) < 4.78 is 62.5. The number of aromatic amines is 2. The van der Waals surface area contributed by atoms with Gasteiger partial charge < -0.3 is 29.0 Å². The van der Waals surface area contributed by atoms with Gasteiger partial charge in [-0.1, -0.05) is 18.2 Å². The third kappa shape index (κ3) is 4.65. The van der Waals surface area contributed by atoms with Gasteiger partial charge in [0, 0.05) is 29.6 Å². The lowest BCUT2D eigenvalue weighted by Gasteiger charge is -2.36. The first-order valence-corrected chi connectivity index (χ1v) is 12.8. The highest BCUT2D eigenvalue weighted by Crippen LogP contribution is 2.39. The van der Waals surface area contributed by atoms with E-state index in [1.165, 1.54) is 30.6 Å². The number of carbonyl (C=O) groups is 1. The summed E-state index contributed by atoms with van der Waals surface area (Å²) >= 11 is 0. The van der Waals surface area contributed by atoms with Crippen LogP contribution in [0.25, 0.3) is 22.3 Å². The molecule has 1 saturated heterocycles. The van der Waals surface area contributed by atoms with Crippen LogP contribution in [0.4, 0.5) is 13.2 Å². The van der Waals surface area contributed by atoms with Gasteiger partial charge in [-0.2, -0.15) is 0 Å². The Balaban J connectivity index is 1.35. The minimum atomic E-state index is -1.32. The lowest BCUT2D eigenvalue weighted by molar-refractivity contribution is -0.251. The Kier molecular flexibility index (Phi) is 6.87. The molecule has 3 heterocycles. The summed E-state index contributed by atoms with van der Waals surface area (Å²) in [4.78, 5) is 21.1. The summed E-state index contributed by atoms with van der Waals surface area (Å²) in [6.07, 6.45) is 5.52. The Bertz CT molecular complexity index is 1690. The predicted octanol–water partition coefficient (Wildman–Crippen LogP) is 6.54. The molecule has 40 heavy (non-hydrogen) atoms. The summed E-state index contributed by atoms with van der Waals surface area (Å²) in [6.45, 7) is 0.848. The second-order valence-electron chi connectivity index (χ2n) is 9.40. The summed E-state index contributed by atoms with van der Waals surface area (Å²) in [7, 11) is 0. The minimum absolute atomic E-state index is 0.0183. The molecule has 3 aromatic carbocycles. The lowest BCUT2D eigenvalue weighted by Crippen LogP contribution is -2.39. The van der Waals surface area contributed by atoms with Crippen molar-refractivity contribution in [3.63, 3.8) is 0 Å². The van der Waals surface area contributed by atoms with Gasteiger partial charge in [0.15, 0.2) is 17.4 Å². The fraction of sp³-hybridized carbons (Fsp3) is 0.200. The monoisotopic (exact) mass is 547 g/mol. The highest BCUT2D eigenvalue weighted by Gasteiger charge is 2.41. The van der Waals surface area contributed by atoms with Gasteiger partial charge in [0.05, 0.1) is 30.5 Å². The molecule has 2 N–H and O–H groups in total. The number of H-pyrrole nitrogens is 2. The van der Waals surface area contributed by atoms with Crippen LogP contribution < -0.4 is 4.74 Å². The topological polar surface area (TPSA) is 89.2 Å². The Morgan fingerprint density at radius 2 is 1.88 bits per heavy atom. The highest BCUT2D eigenvalue weighted by molar-refractivity contribution is 5.82. The molecule has 6 rings (SSSR count). The Morgan fingerprint density at radius 1 is 1.02 bits per heavy atom. The molecule has 0 amide bonds. The molecule has 1 fully saturated rings. The molecule has 0 radical (unpaired) electrons. The lowest BCUT2D eigenvalue weighted by atomic mass is 9.98. The van der Waals surface area contributed by atoms with E-state index in [-0.39, 0.29) is 22.5 Å². The maximum Gasteiger partial charge on any atom is 0.239 e. The number of hydrogen-bond acceptors (Lipinski definition) is 5. The van der Waals surface area contributed by atoms with E-state index in [2.05, 4.69) is 15.0 Å². The van der Waals surface area contributed by atoms with E-state index in [4.69, 9.17) is 14.2 Å². The molecule has 0 atom stereocenters. The molecule has 1 aliphatic rings. The number of aldehydes is 1. The first-order chi connectivity index (χ1) is 19.5. The number of carbonyl (C=O) groups excluding carboxylic acids is 1. The minimum Gasteiger partial charge on any atom is -0.451 e. The van der Waals surface area contributed by atoms with E-state index in [0.29, 0.717) is 49.3 Å². The summed E-state index contributed by atoms with van der Waals surface area (Å²) in [6, 6.07) is 13.9. The van der Waals surface area contributed by atoms with Crippen LogP contribution >= 0.6 is 0 Å². The molecule has 10 heteroatoms. The van der Waals surface area contributed by atoms with Gasteiger partial charge in [-0.3, -0.25) is 0 Å². The third-order valence-electron chi connectivity index (χ3n) is 6.80. The molecule has 0 bridgehead atoms. The van der Waals surface area contributed by atoms with Crippen LogP contribution in [0, 0.1) is 17.5 Å². The third-order valence-corrected chi connectivity index (χ3v) is 6.80. The van der Waals surface area contributed by atoms with Crippen molar-refractivity contribution in [1.29, 1.82) is 0 Å². The van der Waals surface area contributed by atoms with E-state index < -0.39 is 29.0 Å². The number of ether oxygens (including phenoxy) is 3. The van der Waals surface area contributed by atoms with Crippen molar-refractivity contribution in [2.75, 3.05) is 13.2 Å². The van der Waals surface area contributed by atoms with E-state index in [9.17, 15) is 13.6 Å². The number of hydrogen-bond donors (Lipinski definition) is 2. The number of fused-ring (bicyclic) bond motifs is 1. The van der Waals surface area contributed by atoms with Gasteiger partial charge in [-0.05, 0) is 48.7 Å². The molecule has 1 aliphatic heterocycles. The van der Waals surface area contributed by atoms with Gasteiger partial charge in [0.1, 0.15) is 29.4 Å². The first-order valence-electron chi connectivity index (χ1n) is 12.8. The summed E-state index contributed by atoms with van der Waals surface area (Å²) in [5.74, 6) is -4.13. The Hall–Kier alpha value is -4.41. The van der Waals surface area contributed by atoms with Gasteiger partial charge in [0.25, 0.3) is 0 Å². The fourth-order valence-corrected chi connectivity index (χ4v) is 4.87. The molecule has 0 aliphatic carbocycles. The van der Waals surface area contributed by atoms with Crippen molar-refractivity contribution in [2.45, 2.75) is 25.0 Å². The first kappa shape index (κ1) is 25.8. The number of benzene rings is 3. The number of aryl methyl sites for hydroxylation is 1. The maximum absolute atomic E-state index is 15.0. The molecule has 0 spiro atoms. The second kappa shape index (κ2) is 10.6. The summed E-state index contributed by atoms with van der Waals surface area (Å²) in [5, 5.41) is 0.169. The quantitative estimate of drug-likeness (QED) is 0.216. The van der Waals surface area contributed by atoms with Crippen LogP contribution in [0.15, 0.2) is 67.0 Å². The molecular weight excluding hydrogens is 523 g/mol. The van der Waals surface area contributed by atoms with Gasteiger partial charge in [-0.15, -0.1) is 0 Å². The molecule has 0 saturated carbocycles. The van der Waals surface area contributed by atoms with Crippen LogP contribution in [0.2, 0.25) is 0 Å². The van der Waals surface area contributed by atoms with Crippen molar-refractivity contribution in [3.05, 3.63) is 101 Å². The van der Waals surface area contributed by atoms with Crippen LogP contribution in [0.5, 0.6) is 11.5 Å². The zero-order valence-electron chi connectivity index (χ0n) is 21.2. The molecule has 7 nitrogen and oxygen atoms in total. The Labute approximate surface area is 226 Å². The SMILES string of the molecule is O=CCCc1cccc(C2(c3cnc(-c4cc(Oc5c(F)cc6[nH]ccc6c5F)ccc4F)[nH]3)OCCCO2)c1. The van der Waals surface area contributed by atoms with Crippen molar-refractivity contribution in [2.24, 2.45) is 0 Å². The van der Waals surface area contributed by atoms with Crippen LogP contribution in [-0.4, -0.2) is 34.5 Å². The van der Waals surface area contributed by atoms with Gasteiger partial charge in [0.2, 0.25) is 5.79 Å². The average molecular weight is 548 g/mol. The maximum atomic E-state index is 15.0. The molecule has 0 unspecified atom stereocenters. The van der Waals surface area contributed by atoms with Crippen molar-refractivity contribution in [3.8, 4) is 22.9 Å². The second-order valence-corrected chi connectivity index (χ2v) is 9.40. The van der Waals surface area contributed by atoms with Crippen LogP contribution in [0.3, 0.4) is 0 Å². The standard InChI is InChI=1S/C30H24F3N3O4/c31-23-8-7-20(40-28-24(32)16-25-21(27(28)33)9-10-34-25)15-22(23)29-35-17-26(36-29)30(38-12-3-13-39-30)19-6-1-4-18(14-19)5-2-11-37/h1,4,6-11,14-17,34H,2-3,5,12-13H2,(H,35,36). The van der Waals surface area contributed by atoms with E-state index in [1.54, 1.807) is 0 Å². The Morgan fingerprint density at radius 3 is 2.70 bits per heavy atom. The summed E-state index contributed by atoms with van der Waals surface area (Å²) in [5.41, 5.74) is 2.40. The van der Waals surface area contributed by atoms with E-state index in [0.717, 1.165) is 24.0 Å². The van der Waals surface area contributed by atoms with Crippen molar-refractivity contribution in [1.82, 2.24) is 15.0 Å². The normalized spacial score (nSPS) is 14.9. The zero-order chi connectivity index (χ0) is 27.7. The molecule has 5 aromatic rings. The fourth-order valence-electron chi connectivity index (χ4n) is 4.87. The predicted molar refractivity (Wildman–Crippen MR) is 140 cm³/mol. The zero-order valence-corrected chi connectivity index (χ0v) is 21.2. The largest absolute Gasteiger partial charge is 0.451 e. The van der Waals surface area contributed by atoms with E-state index >= 15 is 4.39 Å². The number of nitrogens with zero attached hydrogens (tertiary/aromatic N) is 1. The highest BCUT2D eigenvalue weighted by atomic mass is 19.1. The van der Waals surface area contributed by atoms with Crippen LogP contribution in [-0.2, 0) is 26.5 Å². The molecular formula is C30H24F3N3O4. The number of imidazole rings is 1. The molecule has 2 aromatic heterocycles. The number of halogens is 3. The number of nitrogens with one attached hydrogen (secondary N) is 2. The van der Waals surface area contributed by atoms with Crippen molar-refractivity contribution < 1.29 is 32.2 Å². The number of rotatable bonds is 8. The average Bonchev–Trinajstić information content (AvgIpc) is 3.66. The van der Waals surface area contributed by atoms with E-state index in [1.807, 2.05) is 24.3 Å². The number of aromatic nitrogens is 3. The molecule has 204 valence electrons. The smallest absolute Gasteiger partial charge is 0.239 e. The van der Waals surface area contributed by atoms with Crippen LogP contribution in [0.1, 0.15) is 29.7 Å². The van der Waals surface area contributed by atoms with Gasteiger partial charge in [-0.25, -0.2) is 18.2 Å².